The number of carbonyl (C=O) groups is 3. The maximum atomic E-state index is 12.7. The largest absolute Gasteiger partial charge is 0.469 e. The summed E-state index contributed by atoms with van der Waals surface area (Å²) in [7, 11) is 2.52. The number of nitriles is 1. The highest BCUT2D eigenvalue weighted by molar-refractivity contribution is 7.17. The molecule has 148 valence electrons. The van der Waals surface area contributed by atoms with Gasteiger partial charge in [-0.3, -0.25) is 9.59 Å². The number of fused-ring (bicyclic) bond motifs is 1. The quantitative estimate of drug-likeness (QED) is 0.461. The fraction of sp³-hybridized carbons (Fsp3) is 0.238. The van der Waals surface area contributed by atoms with Crippen molar-refractivity contribution >= 4 is 40.3 Å². The molecule has 1 heterocycles. The number of thiophene rings is 1. The van der Waals surface area contributed by atoms with E-state index in [9.17, 15) is 19.6 Å². The van der Waals surface area contributed by atoms with E-state index < -0.39 is 23.8 Å². The summed E-state index contributed by atoms with van der Waals surface area (Å²) in [4.78, 5) is 38.0. The van der Waals surface area contributed by atoms with E-state index in [1.807, 2.05) is 12.1 Å². The summed E-state index contributed by atoms with van der Waals surface area (Å²) in [6, 6.07) is 10.8. The van der Waals surface area contributed by atoms with Gasteiger partial charge in [0, 0.05) is 4.88 Å². The summed E-state index contributed by atoms with van der Waals surface area (Å²) in [6.07, 6.45) is 2.58. The summed E-state index contributed by atoms with van der Waals surface area (Å²) >= 11 is 1.21. The molecular weight excluding hydrogens is 392 g/mol. The lowest BCUT2D eigenvalue weighted by Gasteiger charge is -2.11. The Kier molecular flexibility index (Phi) is 6.10. The molecule has 8 heteroatoms. The van der Waals surface area contributed by atoms with Crippen LogP contribution in [0.1, 0.15) is 38.7 Å². The van der Waals surface area contributed by atoms with Crippen LogP contribution in [0.5, 0.6) is 0 Å². The number of carbonyl (C=O) groups excluding carboxylic acids is 3. The van der Waals surface area contributed by atoms with Gasteiger partial charge >= 0.3 is 11.9 Å². The van der Waals surface area contributed by atoms with Crippen molar-refractivity contribution in [1.82, 2.24) is 0 Å². The van der Waals surface area contributed by atoms with Gasteiger partial charge < -0.3 is 14.8 Å². The number of hydrogen-bond donors (Lipinski definition) is 1. The van der Waals surface area contributed by atoms with Gasteiger partial charge in [0.1, 0.15) is 16.6 Å². The molecule has 1 atom stereocenters. The van der Waals surface area contributed by atoms with E-state index in [0.717, 1.165) is 4.88 Å². The molecule has 0 fully saturated rings. The van der Waals surface area contributed by atoms with Gasteiger partial charge in [0.15, 0.2) is 0 Å². The molecule has 3 rings (SSSR count). The molecule has 0 aliphatic heterocycles. The Morgan fingerprint density at radius 1 is 1.21 bits per heavy atom. The second-order valence-electron chi connectivity index (χ2n) is 6.28. The van der Waals surface area contributed by atoms with E-state index in [-0.39, 0.29) is 16.1 Å². The second kappa shape index (κ2) is 8.71. The maximum absolute atomic E-state index is 12.7. The zero-order valence-corrected chi connectivity index (χ0v) is 16.7. The fourth-order valence-electron chi connectivity index (χ4n) is 3.27. The van der Waals surface area contributed by atoms with Crippen molar-refractivity contribution in [1.29, 1.82) is 5.26 Å². The number of hydrogen-bond acceptors (Lipinski definition) is 7. The lowest BCUT2D eigenvalue weighted by atomic mass is 9.99. The van der Waals surface area contributed by atoms with E-state index >= 15 is 0 Å². The van der Waals surface area contributed by atoms with Crippen LogP contribution < -0.4 is 5.32 Å². The lowest BCUT2D eigenvalue weighted by Crippen LogP contribution is -2.18. The standard InChI is InChI=1S/C21H18N2O5S/c1-27-20(25)14-8-9-15-16(14)17(21(26)28-2)19(29-15)23-18(24)13(11-22)10-12-6-4-3-5-7-12/h3-7,10,14H,8-9H2,1-2H3,(H,23,24)/b13-10+/t14-/m0/s1. The van der Waals surface area contributed by atoms with Crippen LogP contribution in [0.3, 0.4) is 0 Å². The molecule has 1 amide bonds. The van der Waals surface area contributed by atoms with E-state index in [0.29, 0.717) is 24.0 Å². The predicted octanol–water partition coefficient (Wildman–Crippen LogP) is 3.28. The smallest absolute Gasteiger partial charge is 0.341 e. The summed E-state index contributed by atoms with van der Waals surface area (Å²) in [5.41, 5.74) is 1.28. The van der Waals surface area contributed by atoms with Crippen LogP contribution in [0.4, 0.5) is 5.00 Å². The van der Waals surface area contributed by atoms with E-state index in [4.69, 9.17) is 9.47 Å². The SMILES string of the molecule is COC(=O)c1c(NC(=O)/C(C#N)=C/c2ccccc2)sc2c1[C@@H](C(=O)OC)CC2. The van der Waals surface area contributed by atoms with Gasteiger partial charge in [-0.2, -0.15) is 5.26 Å². The van der Waals surface area contributed by atoms with E-state index in [2.05, 4.69) is 5.32 Å². The fourth-order valence-corrected chi connectivity index (χ4v) is 4.53. The third-order valence-electron chi connectivity index (χ3n) is 4.61. The van der Waals surface area contributed by atoms with E-state index in [1.54, 1.807) is 24.3 Å². The average Bonchev–Trinajstić information content (AvgIpc) is 3.30. The molecule has 1 aromatic carbocycles. The van der Waals surface area contributed by atoms with Gasteiger partial charge in [-0.1, -0.05) is 30.3 Å². The van der Waals surface area contributed by atoms with Crippen LogP contribution in [0.2, 0.25) is 0 Å². The highest BCUT2D eigenvalue weighted by Crippen LogP contribution is 2.46. The van der Waals surface area contributed by atoms with Gasteiger partial charge in [0.05, 0.1) is 25.7 Å². The van der Waals surface area contributed by atoms with Crippen molar-refractivity contribution in [2.75, 3.05) is 19.5 Å². The maximum Gasteiger partial charge on any atom is 0.341 e. The first-order valence-corrected chi connectivity index (χ1v) is 9.61. The molecule has 0 bridgehead atoms. The Morgan fingerprint density at radius 3 is 2.55 bits per heavy atom. The lowest BCUT2D eigenvalue weighted by molar-refractivity contribution is -0.142. The average molecular weight is 410 g/mol. The van der Waals surface area contributed by atoms with E-state index in [1.165, 1.54) is 31.6 Å². The van der Waals surface area contributed by atoms with Crippen molar-refractivity contribution in [2.45, 2.75) is 18.8 Å². The molecule has 0 unspecified atom stereocenters. The normalized spacial score (nSPS) is 15.2. The van der Waals surface area contributed by atoms with Gasteiger partial charge in [0.25, 0.3) is 5.91 Å². The summed E-state index contributed by atoms with van der Waals surface area (Å²) in [5, 5.41) is 12.3. The number of rotatable bonds is 5. The molecular formula is C21H18N2O5S. The Bertz CT molecular complexity index is 1030. The highest BCUT2D eigenvalue weighted by atomic mass is 32.1. The first-order valence-electron chi connectivity index (χ1n) is 8.80. The topological polar surface area (TPSA) is 105 Å². The molecule has 0 radical (unpaired) electrons. The summed E-state index contributed by atoms with van der Waals surface area (Å²) in [5.74, 6) is -2.32. The Hall–Kier alpha value is -3.44. The number of anilines is 1. The zero-order valence-electron chi connectivity index (χ0n) is 15.9. The molecule has 1 aliphatic carbocycles. The second-order valence-corrected chi connectivity index (χ2v) is 7.39. The number of aryl methyl sites for hydroxylation is 1. The molecule has 1 aromatic heterocycles. The van der Waals surface area contributed by atoms with Crippen molar-refractivity contribution in [3.63, 3.8) is 0 Å². The van der Waals surface area contributed by atoms with Crippen LogP contribution in [-0.2, 0) is 25.5 Å². The van der Waals surface area contributed by atoms with Crippen LogP contribution in [0, 0.1) is 11.3 Å². The Morgan fingerprint density at radius 2 is 1.93 bits per heavy atom. The predicted molar refractivity (Wildman–Crippen MR) is 107 cm³/mol. The first-order chi connectivity index (χ1) is 14.0. The van der Waals surface area contributed by atoms with Gasteiger partial charge in [-0.05, 0) is 30.0 Å². The number of methoxy groups -OCH3 is 2. The molecule has 1 N–H and O–H groups in total. The first kappa shape index (κ1) is 20.3. The molecule has 0 saturated heterocycles. The van der Waals surface area contributed by atoms with Crippen LogP contribution in [0.15, 0.2) is 35.9 Å². The molecule has 2 aromatic rings. The van der Waals surface area contributed by atoms with Crippen molar-refractivity contribution in [3.05, 3.63) is 57.5 Å². The molecule has 7 nitrogen and oxygen atoms in total. The minimum atomic E-state index is -0.654. The number of ether oxygens (including phenoxy) is 2. The summed E-state index contributed by atoms with van der Waals surface area (Å²) in [6.45, 7) is 0. The Balaban J connectivity index is 1.96. The third kappa shape index (κ3) is 4.05. The van der Waals surface area contributed by atoms with Gasteiger partial charge in [-0.15, -0.1) is 11.3 Å². The number of benzene rings is 1. The number of nitrogens with zero attached hydrogens (tertiary/aromatic N) is 1. The third-order valence-corrected chi connectivity index (χ3v) is 5.79. The molecule has 0 spiro atoms. The van der Waals surface area contributed by atoms with Crippen molar-refractivity contribution < 1.29 is 23.9 Å². The minimum Gasteiger partial charge on any atom is -0.469 e. The van der Waals surface area contributed by atoms with Crippen LogP contribution in [0.25, 0.3) is 6.08 Å². The summed E-state index contributed by atoms with van der Waals surface area (Å²) < 4.78 is 9.72. The zero-order chi connectivity index (χ0) is 21.0. The van der Waals surface area contributed by atoms with Crippen LogP contribution >= 0.6 is 11.3 Å². The molecule has 1 aliphatic rings. The van der Waals surface area contributed by atoms with Gasteiger partial charge in [-0.25, -0.2) is 4.79 Å². The molecule has 0 saturated carbocycles. The highest BCUT2D eigenvalue weighted by Gasteiger charge is 2.38. The van der Waals surface area contributed by atoms with Crippen molar-refractivity contribution in [3.8, 4) is 6.07 Å². The minimum absolute atomic E-state index is 0.106. The van der Waals surface area contributed by atoms with Gasteiger partial charge in [0.2, 0.25) is 0 Å². The number of esters is 2. The molecule has 29 heavy (non-hydrogen) atoms. The number of nitrogens with one attached hydrogen (secondary N) is 1. The number of amides is 1. The Labute approximate surface area is 171 Å². The van der Waals surface area contributed by atoms with Crippen molar-refractivity contribution in [2.24, 2.45) is 0 Å². The monoisotopic (exact) mass is 410 g/mol. The van der Waals surface area contributed by atoms with Crippen LogP contribution in [-0.4, -0.2) is 32.1 Å².